The maximum absolute atomic E-state index is 10.3. The minimum absolute atomic E-state index is 0.135. The van der Waals surface area contributed by atoms with Crippen molar-refractivity contribution < 1.29 is 25.2 Å². The van der Waals surface area contributed by atoms with Crippen molar-refractivity contribution in [1.82, 2.24) is 19.5 Å². The van der Waals surface area contributed by atoms with Gasteiger partial charge in [0.15, 0.2) is 23.2 Å². The first-order chi connectivity index (χ1) is 14.5. The monoisotopic (exact) mass is 411 g/mol. The van der Waals surface area contributed by atoms with Gasteiger partial charge < -0.3 is 30.5 Å². The summed E-state index contributed by atoms with van der Waals surface area (Å²) in [5.41, 5.74) is 1.39. The van der Waals surface area contributed by atoms with E-state index in [9.17, 15) is 20.4 Å². The smallest absolute Gasteiger partial charge is 0.209 e. The Morgan fingerprint density at radius 3 is 2.63 bits per heavy atom. The molecule has 3 aromatic rings. The highest BCUT2D eigenvalue weighted by Crippen LogP contribution is 2.32. The number of anilines is 1. The van der Waals surface area contributed by atoms with Gasteiger partial charge in [-0.2, -0.15) is 0 Å². The van der Waals surface area contributed by atoms with E-state index in [4.69, 9.17) is 4.74 Å². The number of aliphatic hydroxyl groups is 4. The SMILES string of the molecule is CNc1nc(C#CC(O)c2ccccc2)nc2c1ncn2C1O[C@H](CO)C(O)[C@H]1O. The number of aliphatic hydroxyl groups excluding tert-OH is 4. The van der Waals surface area contributed by atoms with Gasteiger partial charge in [0.05, 0.1) is 12.9 Å². The van der Waals surface area contributed by atoms with E-state index in [1.165, 1.54) is 10.9 Å². The highest BCUT2D eigenvalue weighted by atomic mass is 16.6. The van der Waals surface area contributed by atoms with Crippen molar-refractivity contribution in [3.8, 4) is 11.8 Å². The van der Waals surface area contributed by atoms with Crippen LogP contribution in [0.1, 0.15) is 23.7 Å². The summed E-state index contributed by atoms with van der Waals surface area (Å²) in [5, 5.41) is 42.9. The fourth-order valence-corrected chi connectivity index (χ4v) is 3.29. The minimum Gasteiger partial charge on any atom is -0.394 e. The van der Waals surface area contributed by atoms with Gasteiger partial charge in [-0.05, 0) is 11.5 Å². The van der Waals surface area contributed by atoms with Crippen LogP contribution in [0.2, 0.25) is 0 Å². The first-order valence-corrected chi connectivity index (χ1v) is 9.32. The van der Waals surface area contributed by atoms with Crippen molar-refractivity contribution in [1.29, 1.82) is 0 Å². The lowest BCUT2D eigenvalue weighted by atomic mass is 10.1. The van der Waals surface area contributed by atoms with Crippen LogP contribution >= 0.6 is 0 Å². The summed E-state index contributed by atoms with van der Waals surface area (Å²) in [6.45, 7) is -0.438. The van der Waals surface area contributed by atoms with Gasteiger partial charge in [0.2, 0.25) is 5.82 Å². The lowest BCUT2D eigenvalue weighted by Crippen LogP contribution is -2.33. The first-order valence-electron chi connectivity index (χ1n) is 9.32. The topological polar surface area (TPSA) is 146 Å². The summed E-state index contributed by atoms with van der Waals surface area (Å²) in [4.78, 5) is 13.0. The minimum atomic E-state index is -1.28. The Bertz CT molecular complexity index is 1090. The molecule has 10 heteroatoms. The average molecular weight is 411 g/mol. The van der Waals surface area contributed by atoms with Gasteiger partial charge in [-0.25, -0.2) is 15.0 Å². The normalized spacial score (nSPS) is 24.4. The summed E-state index contributed by atoms with van der Waals surface area (Å²) in [5.74, 6) is 6.02. The number of hydrogen-bond acceptors (Lipinski definition) is 9. The number of aromatic nitrogens is 4. The third-order valence-electron chi connectivity index (χ3n) is 4.89. The molecule has 1 aliphatic rings. The van der Waals surface area contributed by atoms with E-state index < -0.39 is 37.3 Å². The van der Waals surface area contributed by atoms with E-state index in [1.54, 1.807) is 31.3 Å². The second kappa shape index (κ2) is 8.35. The molecule has 3 unspecified atom stereocenters. The predicted molar refractivity (Wildman–Crippen MR) is 106 cm³/mol. The van der Waals surface area contributed by atoms with Gasteiger partial charge in [0.25, 0.3) is 0 Å². The number of nitrogens with zero attached hydrogens (tertiary/aromatic N) is 4. The Morgan fingerprint density at radius 1 is 1.20 bits per heavy atom. The zero-order chi connectivity index (χ0) is 21.3. The van der Waals surface area contributed by atoms with Crippen LogP contribution in [0, 0.1) is 11.8 Å². The van der Waals surface area contributed by atoms with Crippen molar-refractivity contribution in [2.75, 3.05) is 19.0 Å². The summed E-state index contributed by atoms with van der Waals surface area (Å²) in [7, 11) is 1.67. The zero-order valence-electron chi connectivity index (χ0n) is 16.0. The zero-order valence-corrected chi connectivity index (χ0v) is 16.0. The van der Waals surface area contributed by atoms with Crippen LogP contribution in [0.25, 0.3) is 11.2 Å². The predicted octanol–water partition coefficient (Wildman–Crippen LogP) is -0.435. The standard InChI is InChI=1S/C20H21N5O5/c1-21-18-15-19(25(10-22-15)20-17(29)16(28)13(9-26)30-20)24-14(23-18)8-7-12(27)11-5-3-2-4-6-11/h2-6,10,12-13,16-17,20,26-29H,9H2,1H3,(H,21,23,24)/t12?,13-,16?,17-,20?/m1/s1. The average Bonchev–Trinajstić information content (AvgIpc) is 3.32. The number of fused-ring (bicyclic) bond motifs is 1. The molecule has 4 rings (SSSR count). The molecule has 1 saturated heterocycles. The molecule has 156 valence electrons. The van der Waals surface area contributed by atoms with Gasteiger partial charge in [-0.15, -0.1) is 0 Å². The Kier molecular flexibility index (Phi) is 5.63. The molecule has 5 atom stereocenters. The molecular weight excluding hydrogens is 390 g/mol. The number of hydrogen-bond donors (Lipinski definition) is 5. The fourth-order valence-electron chi connectivity index (χ4n) is 3.29. The van der Waals surface area contributed by atoms with Crippen LogP contribution < -0.4 is 5.32 Å². The second-order valence-electron chi connectivity index (χ2n) is 6.78. The van der Waals surface area contributed by atoms with E-state index in [0.29, 0.717) is 22.5 Å². The summed E-state index contributed by atoms with van der Waals surface area (Å²) < 4.78 is 7.03. The molecule has 0 aliphatic carbocycles. The molecule has 30 heavy (non-hydrogen) atoms. The molecule has 0 saturated carbocycles. The molecule has 0 radical (unpaired) electrons. The molecule has 0 spiro atoms. The van der Waals surface area contributed by atoms with E-state index in [2.05, 4.69) is 32.1 Å². The van der Waals surface area contributed by atoms with Gasteiger partial charge in [0, 0.05) is 7.05 Å². The molecule has 1 aromatic carbocycles. The summed E-state index contributed by atoms with van der Waals surface area (Å²) in [6, 6.07) is 8.99. The van der Waals surface area contributed by atoms with Crippen molar-refractivity contribution in [2.45, 2.75) is 30.6 Å². The number of rotatable bonds is 4. The lowest BCUT2D eigenvalue weighted by molar-refractivity contribution is -0.0511. The third-order valence-corrected chi connectivity index (χ3v) is 4.89. The van der Waals surface area contributed by atoms with Crippen molar-refractivity contribution in [3.63, 3.8) is 0 Å². The van der Waals surface area contributed by atoms with Crippen LogP contribution in [0.15, 0.2) is 36.7 Å². The van der Waals surface area contributed by atoms with Crippen LogP contribution in [0.3, 0.4) is 0 Å². The van der Waals surface area contributed by atoms with Gasteiger partial charge >= 0.3 is 0 Å². The van der Waals surface area contributed by atoms with Gasteiger partial charge in [-0.1, -0.05) is 36.3 Å². The van der Waals surface area contributed by atoms with Gasteiger partial charge in [0.1, 0.15) is 24.4 Å². The number of benzene rings is 1. The van der Waals surface area contributed by atoms with E-state index >= 15 is 0 Å². The summed E-state index contributed by atoms with van der Waals surface area (Å²) in [6.07, 6.45) is -4.03. The van der Waals surface area contributed by atoms with Crippen LogP contribution in [0.5, 0.6) is 0 Å². The van der Waals surface area contributed by atoms with Gasteiger partial charge in [-0.3, -0.25) is 4.57 Å². The largest absolute Gasteiger partial charge is 0.394 e. The molecule has 5 N–H and O–H groups in total. The van der Waals surface area contributed by atoms with Crippen molar-refractivity contribution in [2.24, 2.45) is 0 Å². The Balaban J connectivity index is 1.72. The van der Waals surface area contributed by atoms with E-state index in [1.807, 2.05) is 6.07 Å². The molecule has 0 amide bonds. The molecule has 3 heterocycles. The Morgan fingerprint density at radius 2 is 1.97 bits per heavy atom. The van der Waals surface area contributed by atoms with Crippen molar-refractivity contribution >= 4 is 17.0 Å². The van der Waals surface area contributed by atoms with E-state index in [-0.39, 0.29) is 5.82 Å². The fraction of sp³-hybridized carbons (Fsp3) is 0.350. The summed E-state index contributed by atoms with van der Waals surface area (Å²) >= 11 is 0. The number of imidazole rings is 1. The quantitative estimate of drug-likeness (QED) is 0.361. The first kappa shape index (κ1) is 20.2. The molecule has 2 aromatic heterocycles. The third kappa shape index (κ3) is 3.60. The maximum atomic E-state index is 10.3. The maximum Gasteiger partial charge on any atom is 0.209 e. The van der Waals surface area contributed by atoms with Crippen molar-refractivity contribution in [3.05, 3.63) is 48.0 Å². The van der Waals surface area contributed by atoms with Crippen LogP contribution in [-0.4, -0.2) is 71.9 Å². The molecular formula is C20H21N5O5. The second-order valence-corrected chi connectivity index (χ2v) is 6.78. The lowest BCUT2D eigenvalue weighted by Gasteiger charge is -2.16. The number of nitrogens with one attached hydrogen (secondary N) is 1. The highest BCUT2D eigenvalue weighted by molar-refractivity contribution is 5.83. The Hall–Kier alpha value is -3.07. The number of ether oxygens (including phenoxy) is 1. The molecule has 1 aliphatic heterocycles. The van der Waals surface area contributed by atoms with Crippen LogP contribution in [0.4, 0.5) is 5.82 Å². The highest BCUT2D eigenvalue weighted by Gasteiger charge is 2.44. The van der Waals surface area contributed by atoms with Crippen LogP contribution in [-0.2, 0) is 4.74 Å². The van der Waals surface area contributed by atoms with E-state index in [0.717, 1.165) is 0 Å². The molecule has 1 fully saturated rings. The molecule has 0 bridgehead atoms. The Labute approximate surface area is 171 Å². The molecule has 10 nitrogen and oxygen atoms in total.